The standard InChI is InChI=1S/C17H14N2O/c1-2-12-7-9-13(10-8-12)17-16(11-20)18-14-5-3-4-6-15(14)19-17/h3-11H,2H2,1H3. The van der Waals surface area contributed by atoms with Gasteiger partial charge in [-0.1, -0.05) is 43.3 Å². The topological polar surface area (TPSA) is 42.9 Å². The molecule has 20 heavy (non-hydrogen) atoms. The summed E-state index contributed by atoms with van der Waals surface area (Å²) in [5.74, 6) is 0. The van der Waals surface area contributed by atoms with E-state index in [0.717, 1.165) is 29.3 Å². The highest BCUT2D eigenvalue weighted by Crippen LogP contribution is 2.23. The van der Waals surface area contributed by atoms with E-state index in [-0.39, 0.29) is 0 Å². The quantitative estimate of drug-likeness (QED) is 0.676. The summed E-state index contributed by atoms with van der Waals surface area (Å²) < 4.78 is 0. The number of aryl methyl sites for hydroxylation is 1. The van der Waals surface area contributed by atoms with Gasteiger partial charge in [0.15, 0.2) is 6.29 Å². The Kier molecular flexibility index (Phi) is 3.25. The molecule has 0 N–H and O–H groups in total. The Hall–Kier alpha value is -2.55. The second-order valence-corrected chi connectivity index (χ2v) is 4.61. The fraction of sp³-hybridized carbons (Fsp3) is 0.118. The molecule has 3 aromatic rings. The molecule has 0 fully saturated rings. The van der Waals surface area contributed by atoms with E-state index < -0.39 is 0 Å². The summed E-state index contributed by atoms with van der Waals surface area (Å²) in [6.45, 7) is 2.11. The van der Waals surface area contributed by atoms with E-state index in [0.29, 0.717) is 11.4 Å². The first-order valence-electron chi connectivity index (χ1n) is 6.63. The highest BCUT2D eigenvalue weighted by atomic mass is 16.1. The van der Waals surface area contributed by atoms with Gasteiger partial charge in [0.1, 0.15) is 11.4 Å². The predicted molar refractivity (Wildman–Crippen MR) is 79.7 cm³/mol. The van der Waals surface area contributed by atoms with Crippen LogP contribution in [-0.2, 0) is 6.42 Å². The summed E-state index contributed by atoms with van der Waals surface area (Å²) in [6, 6.07) is 15.7. The van der Waals surface area contributed by atoms with Gasteiger partial charge in [-0.15, -0.1) is 0 Å². The van der Waals surface area contributed by atoms with Gasteiger partial charge in [-0.3, -0.25) is 4.79 Å². The van der Waals surface area contributed by atoms with Crippen LogP contribution in [0.3, 0.4) is 0 Å². The normalized spacial score (nSPS) is 10.7. The summed E-state index contributed by atoms with van der Waals surface area (Å²) in [5, 5.41) is 0. The van der Waals surface area contributed by atoms with Crippen LogP contribution in [0.1, 0.15) is 23.0 Å². The van der Waals surface area contributed by atoms with E-state index in [4.69, 9.17) is 0 Å². The van der Waals surface area contributed by atoms with Gasteiger partial charge >= 0.3 is 0 Å². The first-order valence-corrected chi connectivity index (χ1v) is 6.63. The first kappa shape index (κ1) is 12.5. The molecule has 3 nitrogen and oxygen atoms in total. The zero-order valence-corrected chi connectivity index (χ0v) is 11.2. The number of fused-ring (bicyclic) bond motifs is 1. The van der Waals surface area contributed by atoms with Crippen LogP contribution in [-0.4, -0.2) is 16.3 Å². The van der Waals surface area contributed by atoms with Crippen molar-refractivity contribution in [3.63, 3.8) is 0 Å². The second-order valence-electron chi connectivity index (χ2n) is 4.61. The third-order valence-corrected chi connectivity index (χ3v) is 3.34. The molecular weight excluding hydrogens is 248 g/mol. The van der Waals surface area contributed by atoms with Crippen LogP contribution in [0.25, 0.3) is 22.3 Å². The summed E-state index contributed by atoms with van der Waals surface area (Å²) in [6.07, 6.45) is 1.76. The minimum absolute atomic E-state index is 0.382. The van der Waals surface area contributed by atoms with Crippen molar-refractivity contribution >= 4 is 17.3 Å². The van der Waals surface area contributed by atoms with Crippen molar-refractivity contribution in [3.8, 4) is 11.3 Å². The maximum absolute atomic E-state index is 11.3. The number of aldehydes is 1. The van der Waals surface area contributed by atoms with Crippen LogP contribution in [0.2, 0.25) is 0 Å². The Morgan fingerprint density at radius 2 is 1.60 bits per heavy atom. The smallest absolute Gasteiger partial charge is 0.170 e. The van der Waals surface area contributed by atoms with Crippen molar-refractivity contribution in [2.75, 3.05) is 0 Å². The predicted octanol–water partition coefficient (Wildman–Crippen LogP) is 3.67. The van der Waals surface area contributed by atoms with Gasteiger partial charge in [0.05, 0.1) is 11.0 Å². The Balaban J connectivity index is 2.19. The van der Waals surface area contributed by atoms with Crippen LogP contribution < -0.4 is 0 Å². The molecule has 1 heterocycles. The Morgan fingerprint density at radius 3 is 2.20 bits per heavy atom. The molecule has 98 valence electrons. The molecule has 0 aliphatic heterocycles. The number of para-hydroxylation sites is 2. The summed E-state index contributed by atoms with van der Waals surface area (Å²) >= 11 is 0. The Morgan fingerprint density at radius 1 is 0.950 bits per heavy atom. The number of benzene rings is 2. The Labute approximate surface area is 117 Å². The van der Waals surface area contributed by atoms with E-state index in [1.807, 2.05) is 36.4 Å². The molecule has 3 heteroatoms. The van der Waals surface area contributed by atoms with Crippen LogP contribution in [0, 0.1) is 0 Å². The number of carbonyl (C=O) groups is 1. The lowest BCUT2D eigenvalue weighted by molar-refractivity contribution is 0.111. The molecule has 0 aliphatic carbocycles. The van der Waals surface area contributed by atoms with Crippen molar-refractivity contribution < 1.29 is 4.79 Å². The highest BCUT2D eigenvalue weighted by molar-refractivity contribution is 5.88. The number of hydrogen-bond donors (Lipinski definition) is 0. The Bertz CT molecular complexity index is 764. The summed E-state index contributed by atoms with van der Waals surface area (Å²) in [5.41, 5.74) is 4.74. The third-order valence-electron chi connectivity index (χ3n) is 3.34. The van der Waals surface area contributed by atoms with Crippen molar-refractivity contribution in [3.05, 3.63) is 59.8 Å². The van der Waals surface area contributed by atoms with E-state index in [2.05, 4.69) is 29.0 Å². The molecule has 0 unspecified atom stereocenters. The molecule has 0 atom stereocenters. The van der Waals surface area contributed by atoms with Crippen LogP contribution in [0.4, 0.5) is 0 Å². The SMILES string of the molecule is CCc1ccc(-c2nc3ccccc3nc2C=O)cc1. The number of aromatic nitrogens is 2. The van der Waals surface area contributed by atoms with Crippen LogP contribution >= 0.6 is 0 Å². The van der Waals surface area contributed by atoms with Gasteiger partial charge in [0, 0.05) is 5.56 Å². The summed E-state index contributed by atoms with van der Waals surface area (Å²) in [4.78, 5) is 20.2. The van der Waals surface area contributed by atoms with Gasteiger partial charge in [0.2, 0.25) is 0 Å². The second kappa shape index (κ2) is 5.21. The van der Waals surface area contributed by atoms with Crippen LogP contribution in [0.15, 0.2) is 48.5 Å². The van der Waals surface area contributed by atoms with Crippen LogP contribution in [0.5, 0.6) is 0 Å². The molecule has 0 saturated heterocycles. The average molecular weight is 262 g/mol. The maximum atomic E-state index is 11.3. The molecule has 0 amide bonds. The molecule has 0 aliphatic rings. The van der Waals surface area contributed by atoms with Crippen molar-refractivity contribution in [1.82, 2.24) is 9.97 Å². The fourth-order valence-electron chi connectivity index (χ4n) is 2.21. The minimum atomic E-state index is 0.382. The number of carbonyl (C=O) groups excluding carboxylic acids is 1. The zero-order valence-electron chi connectivity index (χ0n) is 11.2. The molecule has 0 spiro atoms. The summed E-state index contributed by atoms with van der Waals surface area (Å²) in [7, 11) is 0. The monoisotopic (exact) mass is 262 g/mol. The largest absolute Gasteiger partial charge is 0.296 e. The van der Waals surface area contributed by atoms with E-state index in [9.17, 15) is 4.79 Å². The molecule has 1 aromatic heterocycles. The van der Waals surface area contributed by atoms with Crippen molar-refractivity contribution in [2.45, 2.75) is 13.3 Å². The van der Waals surface area contributed by atoms with Gasteiger partial charge in [-0.25, -0.2) is 9.97 Å². The molecule has 0 bridgehead atoms. The number of nitrogens with zero attached hydrogens (tertiary/aromatic N) is 2. The van der Waals surface area contributed by atoms with Gasteiger partial charge in [-0.05, 0) is 24.1 Å². The molecule has 0 radical (unpaired) electrons. The first-order chi connectivity index (χ1) is 9.81. The number of rotatable bonds is 3. The molecule has 2 aromatic carbocycles. The van der Waals surface area contributed by atoms with Crippen molar-refractivity contribution in [2.24, 2.45) is 0 Å². The fourth-order valence-corrected chi connectivity index (χ4v) is 2.21. The molecule has 3 rings (SSSR count). The minimum Gasteiger partial charge on any atom is -0.296 e. The maximum Gasteiger partial charge on any atom is 0.170 e. The average Bonchev–Trinajstić information content (AvgIpc) is 2.53. The zero-order chi connectivity index (χ0) is 13.9. The van der Waals surface area contributed by atoms with E-state index >= 15 is 0 Å². The lowest BCUT2D eigenvalue weighted by Crippen LogP contribution is -1.97. The van der Waals surface area contributed by atoms with Gasteiger partial charge in [0.25, 0.3) is 0 Å². The van der Waals surface area contributed by atoms with Crippen molar-refractivity contribution in [1.29, 1.82) is 0 Å². The third kappa shape index (κ3) is 2.18. The molecular formula is C17H14N2O. The van der Waals surface area contributed by atoms with Gasteiger partial charge in [-0.2, -0.15) is 0 Å². The number of hydrogen-bond acceptors (Lipinski definition) is 3. The lowest BCUT2D eigenvalue weighted by atomic mass is 10.1. The van der Waals surface area contributed by atoms with Gasteiger partial charge < -0.3 is 0 Å². The van der Waals surface area contributed by atoms with E-state index in [1.54, 1.807) is 0 Å². The van der Waals surface area contributed by atoms with E-state index in [1.165, 1.54) is 5.56 Å². The molecule has 0 saturated carbocycles. The lowest BCUT2D eigenvalue weighted by Gasteiger charge is -2.06. The highest BCUT2D eigenvalue weighted by Gasteiger charge is 2.10.